The van der Waals surface area contributed by atoms with E-state index < -0.39 is 15.7 Å². The van der Waals surface area contributed by atoms with Crippen molar-refractivity contribution in [3.05, 3.63) is 62.4 Å². The number of nitro groups is 2. The molecule has 2 aliphatic heterocycles. The summed E-state index contributed by atoms with van der Waals surface area (Å²) in [5.74, 6) is -0.201. The van der Waals surface area contributed by atoms with E-state index >= 15 is 0 Å². The number of hydrogen-bond acceptors (Lipinski definition) is 10. The number of methoxy groups -OCH3 is 2. The number of morpholine rings is 2. The van der Waals surface area contributed by atoms with Gasteiger partial charge in [0, 0.05) is 38.3 Å². The van der Waals surface area contributed by atoms with E-state index in [1.54, 1.807) is 6.07 Å². The quantitative estimate of drug-likeness (QED) is 0.486. The lowest BCUT2D eigenvalue weighted by Crippen LogP contribution is -2.36. The van der Waals surface area contributed by atoms with Crippen LogP contribution in [0.25, 0.3) is 0 Å². The number of nitrogens with one attached hydrogen (secondary N) is 1. The van der Waals surface area contributed by atoms with Gasteiger partial charge in [-0.15, -0.1) is 0 Å². The second-order valence-electron chi connectivity index (χ2n) is 7.15. The number of benzene rings is 2. The molecule has 0 bridgehead atoms. The van der Waals surface area contributed by atoms with E-state index in [0.29, 0.717) is 19.0 Å². The van der Waals surface area contributed by atoms with E-state index in [2.05, 4.69) is 15.0 Å². The largest absolute Gasteiger partial charge is 0.494 e. The van der Waals surface area contributed by atoms with Gasteiger partial charge in [0.15, 0.2) is 11.6 Å². The minimum atomic E-state index is -0.609. The summed E-state index contributed by atoms with van der Waals surface area (Å²) in [6.07, 6.45) is 0. The minimum absolute atomic E-state index is 0.0406. The van der Waals surface area contributed by atoms with Crippen LogP contribution >= 0.6 is 0 Å². The van der Waals surface area contributed by atoms with Crippen LogP contribution < -0.4 is 19.7 Å². The van der Waals surface area contributed by atoms with E-state index in [0.717, 1.165) is 63.3 Å². The van der Waals surface area contributed by atoms with Gasteiger partial charge in [0.05, 0.1) is 68.3 Å². The topological polar surface area (TPSA) is 138 Å². The molecular weight excluding hydrogens is 467 g/mol. The van der Waals surface area contributed by atoms with Crippen LogP contribution in [0.15, 0.2) is 36.4 Å². The average Bonchev–Trinajstić information content (AvgIpc) is 2.90. The highest BCUT2D eigenvalue weighted by Gasteiger charge is 2.18. The van der Waals surface area contributed by atoms with E-state index in [1.165, 1.54) is 26.4 Å². The summed E-state index contributed by atoms with van der Waals surface area (Å²) in [6, 6.07) is 7.78. The number of rotatable bonds is 5. The lowest BCUT2D eigenvalue weighted by atomic mass is 10.2. The molecule has 2 aliphatic rings. The van der Waals surface area contributed by atoms with Crippen molar-refractivity contribution in [1.29, 1.82) is 0 Å². The first-order valence-corrected chi connectivity index (χ1v) is 10.8. The number of nitro benzene ring substituents is 2. The van der Waals surface area contributed by atoms with Crippen molar-refractivity contribution in [3.8, 4) is 11.5 Å². The SMILES string of the molecule is C1COCCN1.COc1cc([N+](=O)[O-])ccc1F.COc1cc([N+](=O)[O-])ccc1N1CCOCC1. The summed E-state index contributed by atoms with van der Waals surface area (Å²) in [4.78, 5) is 22.0. The number of hydrogen-bond donors (Lipinski definition) is 1. The Morgan fingerprint density at radius 1 is 0.857 bits per heavy atom. The third kappa shape index (κ3) is 8.96. The molecule has 2 heterocycles. The molecule has 0 aliphatic carbocycles. The van der Waals surface area contributed by atoms with Crippen molar-refractivity contribution >= 4 is 17.1 Å². The second kappa shape index (κ2) is 14.7. The first kappa shape index (κ1) is 27.7. The van der Waals surface area contributed by atoms with E-state index in [1.807, 2.05) is 0 Å². The zero-order valence-electron chi connectivity index (χ0n) is 19.6. The van der Waals surface area contributed by atoms with E-state index in [4.69, 9.17) is 14.2 Å². The molecule has 2 fully saturated rings. The van der Waals surface area contributed by atoms with Crippen LogP contribution in [-0.4, -0.2) is 76.7 Å². The normalized spacial score (nSPS) is 15.0. The molecule has 0 aromatic heterocycles. The molecule has 35 heavy (non-hydrogen) atoms. The second-order valence-corrected chi connectivity index (χ2v) is 7.15. The lowest BCUT2D eigenvalue weighted by Gasteiger charge is -2.29. The van der Waals surface area contributed by atoms with Crippen molar-refractivity contribution in [2.24, 2.45) is 0 Å². The summed E-state index contributed by atoms with van der Waals surface area (Å²) in [5, 5.41) is 24.0. The summed E-state index contributed by atoms with van der Waals surface area (Å²) in [6.45, 7) is 6.71. The smallest absolute Gasteiger partial charge is 0.273 e. The van der Waals surface area contributed by atoms with Gasteiger partial charge < -0.3 is 29.2 Å². The third-order valence-corrected chi connectivity index (χ3v) is 4.92. The molecule has 2 aromatic carbocycles. The Morgan fingerprint density at radius 3 is 1.83 bits per heavy atom. The van der Waals surface area contributed by atoms with Gasteiger partial charge in [0.1, 0.15) is 5.75 Å². The van der Waals surface area contributed by atoms with Gasteiger partial charge in [0.25, 0.3) is 11.4 Å². The first-order chi connectivity index (χ1) is 16.9. The van der Waals surface area contributed by atoms with Gasteiger partial charge in [-0.1, -0.05) is 0 Å². The van der Waals surface area contributed by atoms with Crippen molar-refractivity contribution in [2.45, 2.75) is 0 Å². The molecule has 13 heteroatoms. The molecule has 2 saturated heterocycles. The fourth-order valence-corrected chi connectivity index (χ4v) is 3.12. The maximum absolute atomic E-state index is 12.7. The van der Waals surface area contributed by atoms with Gasteiger partial charge in [-0.3, -0.25) is 20.2 Å². The molecule has 12 nitrogen and oxygen atoms in total. The lowest BCUT2D eigenvalue weighted by molar-refractivity contribution is -0.385. The van der Waals surface area contributed by atoms with E-state index in [-0.39, 0.29) is 17.1 Å². The molecule has 0 atom stereocenters. The highest BCUT2D eigenvalue weighted by atomic mass is 19.1. The maximum Gasteiger partial charge on any atom is 0.273 e. The molecule has 0 spiro atoms. The van der Waals surface area contributed by atoms with Gasteiger partial charge in [-0.25, -0.2) is 4.39 Å². The minimum Gasteiger partial charge on any atom is -0.494 e. The number of nitrogens with zero attached hydrogens (tertiary/aromatic N) is 3. The molecule has 0 unspecified atom stereocenters. The molecule has 2 aromatic rings. The molecule has 4 rings (SSSR count). The monoisotopic (exact) mass is 496 g/mol. The molecule has 192 valence electrons. The average molecular weight is 496 g/mol. The summed E-state index contributed by atoms with van der Waals surface area (Å²) < 4.78 is 32.7. The van der Waals surface area contributed by atoms with Gasteiger partial charge in [-0.05, 0) is 12.1 Å². The van der Waals surface area contributed by atoms with Crippen molar-refractivity contribution in [1.82, 2.24) is 5.32 Å². The molecule has 0 amide bonds. The van der Waals surface area contributed by atoms with Gasteiger partial charge >= 0.3 is 0 Å². The van der Waals surface area contributed by atoms with Crippen LogP contribution in [0.1, 0.15) is 0 Å². The van der Waals surface area contributed by atoms with Crippen LogP contribution in [0.2, 0.25) is 0 Å². The number of anilines is 1. The van der Waals surface area contributed by atoms with Crippen LogP contribution in [0, 0.1) is 26.0 Å². The predicted molar refractivity (Wildman–Crippen MR) is 126 cm³/mol. The first-order valence-electron chi connectivity index (χ1n) is 10.8. The molecule has 1 N–H and O–H groups in total. The Bertz CT molecular complexity index is 957. The Morgan fingerprint density at radius 2 is 1.37 bits per heavy atom. The van der Waals surface area contributed by atoms with Gasteiger partial charge in [-0.2, -0.15) is 0 Å². The van der Waals surface area contributed by atoms with Crippen LogP contribution in [-0.2, 0) is 9.47 Å². The Kier molecular flexibility index (Phi) is 11.6. The van der Waals surface area contributed by atoms with Crippen LogP contribution in [0.4, 0.5) is 21.5 Å². The highest BCUT2D eigenvalue weighted by molar-refractivity contribution is 5.62. The van der Waals surface area contributed by atoms with Crippen LogP contribution in [0.5, 0.6) is 11.5 Å². The summed E-state index contributed by atoms with van der Waals surface area (Å²) in [5.41, 5.74) is 0.730. The number of halogens is 1. The van der Waals surface area contributed by atoms with Crippen molar-refractivity contribution in [2.75, 3.05) is 71.7 Å². The highest BCUT2D eigenvalue weighted by Crippen LogP contribution is 2.32. The fourth-order valence-electron chi connectivity index (χ4n) is 3.12. The number of non-ortho nitro benzene ring substituents is 2. The van der Waals surface area contributed by atoms with Crippen molar-refractivity contribution in [3.63, 3.8) is 0 Å². The Balaban J connectivity index is 0.000000207. The number of ether oxygens (including phenoxy) is 4. The standard InChI is InChI=1S/C11H14N2O4.C7H6FNO3.C4H9NO/c1-16-11-8-9(13(14)15)2-3-10(11)12-4-6-17-7-5-12;1-12-7-4-5(9(10)11)2-3-6(7)8;1-3-6-4-2-5-1/h2-3,8H,4-7H2,1H3;2-4H,1H3;5H,1-4H2. The predicted octanol–water partition coefficient (Wildman–Crippen LogP) is 2.79. The zero-order valence-corrected chi connectivity index (χ0v) is 19.6. The van der Waals surface area contributed by atoms with Crippen molar-refractivity contribution < 1.29 is 33.2 Å². The molecule has 0 radical (unpaired) electrons. The molecular formula is C22H29FN4O8. The fraction of sp³-hybridized carbons (Fsp3) is 0.455. The maximum atomic E-state index is 12.7. The van der Waals surface area contributed by atoms with Gasteiger partial charge in [0.2, 0.25) is 0 Å². The zero-order chi connectivity index (χ0) is 25.6. The third-order valence-electron chi connectivity index (χ3n) is 4.92. The summed E-state index contributed by atoms with van der Waals surface area (Å²) >= 11 is 0. The molecule has 0 saturated carbocycles. The Labute approximate surface area is 201 Å². The van der Waals surface area contributed by atoms with E-state index in [9.17, 15) is 24.6 Å². The summed E-state index contributed by atoms with van der Waals surface area (Å²) in [7, 11) is 2.77. The Hall–Kier alpha value is -3.55. The van der Waals surface area contributed by atoms with Crippen LogP contribution in [0.3, 0.4) is 0 Å².